The maximum atomic E-state index is 4.89. The number of thioether (sulfide) groups is 1. The number of aromatic nitrogens is 1. The Bertz CT molecular complexity index is 248. The molecule has 69 valence electrons. The highest BCUT2D eigenvalue weighted by molar-refractivity contribution is 7.99. The van der Waals surface area contributed by atoms with Gasteiger partial charge in [0.2, 0.25) is 0 Å². The van der Waals surface area contributed by atoms with Crippen LogP contribution in [-0.4, -0.2) is 21.9 Å². The zero-order valence-corrected chi connectivity index (χ0v) is 9.20. The molecule has 0 bridgehead atoms. The highest BCUT2D eigenvalue weighted by Gasteiger charge is 2.07. The van der Waals surface area contributed by atoms with Crippen LogP contribution < -0.4 is 0 Å². The number of hydrogen-bond acceptors (Lipinski definition) is 3. The average molecular weight is 210 g/mol. The smallest absolute Gasteiger partial charge is 0.0381 e. The maximum absolute atomic E-state index is 4.89. The van der Waals surface area contributed by atoms with Crippen molar-refractivity contribution in [2.24, 2.45) is 0 Å². The topological polar surface area (TPSA) is 12.9 Å². The van der Waals surface area contributed by atoms with Crippen LogP contribution in [0, 0.1) is 0 Å². The quantitative estimate of drug-likeness (QED) is 0.694. The molecular formula is C10H12NS2. The van der Waals surface area contributed by atoms with Gasteiger partial charge in [0.1, 0.15) is 0 Å². The van der Waals surface area contributed by atoms with Crippen LogP contribution in [0.4, 0.5) is 0 Å². The van der Waals surface area contributed by atoms with Gasteiger partial charge in [0.25, 0.3) is 0 Å². The summed E-state index contributed by atoms with van der Waals surface area (Å²) in [4.78, 5) is 3.97. The van der Waals surface area contributed by atoms with E-state index in [0.717, 1.165) is 11.5 Å². The number of thiocarbonyl (C=S) groups is 1. The van der Waals surface area contributed by atoms with Crippen LogP contribution in [0.5, 0.6) is 0 Å². The molecule has 3 heteroatoms. The Kier molecular flexibility index (Phi) is 5.01. The van der Waals surface area contributed by atoms with Gasteiger partial charge < -0.3 is 0 Å². The molecule has 0 saturated carbocycles. The van der Waals surface area contributed by atoms with Crippen LogP contribution in [0.25, 0.3) is 0 Å². The van der Waals surface area contributed by atoms with Crippen LogP contribution in [-0.2, 0) is 0 Å². The SMILES string of the molecule is CCSCC([C]=S)c1ccncc1. The Balaban J connectivity index is 2.61. The Hall–Kier alpha value is -0.410. The summed E-state index contributed by atoms with van der Waals surface area (Å²) in [5.41, 5.74) is 1.21. The van der Waals surface area contributed by atoms with Crippen LogP contribution in [0.3, 0.4) is 0 Å². The maximum Gasteiger partial charge on any atom is 0.0381 e. The molecule has 1 atom stereocenters. The van der Waals surface area contributed by atoms with E-state index in [1.165, 1.54) is 5.56 Å². The highest BCUT2D eigenvalue weighted by Crippen LogP contribution is 2.18. The zero-order valence-electron chi connectivity index (χ0n) is 7.56. The van der Waals surface area contributed by atoms with Crippen molar-refractivity contribution in [3.63, 3.8) is 0 Å². The first-order valence-electron chi connectivity index (χ1n) is 4.23. The molecule has 0 N–H and O–H groups in total. The molecule has 0 aliphatic heterocycles. The minimum Gasteiger partial charge on any atom is -0.265 e. The first kappa shape index (κ1) is 10.7. The summed E-state index contributed by atoms with van der Waals surface area (Å²) in [6.07, 6.45) is 3.59. The molecule has 1 aromatic heterocycles. The minimum absolute atomic E-state index is 0.267. The molecule has 0 amide bonds. The molecule has 0 spiro atoms. The molecule has 1 nitrogen and oxygen atoms in total. The summed E-state index contributed by atoms with van der Waals surface area (Å²) >= 11 is 6.77. The predicted molar refractivity (Wildman–Crippen MR) is 62.6 cm³/mol. The van der Waals surface area contributed by atoms with E-state index in [2.05, 4.69) is 17.3 Å². The molecule has 0 saturated heterocycles. The lowest BCUT2D eigenvalue weighted by molar-refractivity contribution is 1.06. The molecule has 0 aliphatic carbocycles. The van der Waals surface area contributed by atoms with Crippen molar-refractivity contribution in [2.75, 3.05) is 11.5 Å². The van der Waals surface area contributed by atoms with E-state index in [1.54, 1.807) is 12.4 Å². The van der Waals surface area contributed by atoms with Crippen molar-refractivity contribution in [3.8, 4) is 0 Å². The monoisotopic (exact) mass is 210 g/mol. The predicted octanol–water partition coefficient (Wildman–Crippen LogP) is 2.80. The van der Waals surface area contributed by atoms with Gasteiger partial charge in [-0.05, 0) is 23.4 Å². The molecule has 13 heavy (non-hydrogen) atoms. The average Bonchev–Trinajstić information content (AvgIpc) is 2.21. The number of rotatable bonds is 5. The summed E-state index contributed by atoms with van der Waals surface area (Å²) < 4.78 is 0. The first-order chi connectivity index (χ1) is 6.38. The van der Waals surface area contributed by atoms with Crippen molar-refractivity contribution < 1.29 is 0 Å². The van der Waals surface area contributed by atoms with E-state index in [0.29, 0.717) is 0 Å². The fourth-order valence-corrected chi connectivity index (χ4v) is 2.10. The molecule has 1 heterocycles. The number of hydrogen-bond donors (Lipinski definition) is 0. The van der Waals surface area contributed by atoms with E-state index in [1.807, 2.05) is 23.9 Å². The number of nitrogens with zero attached hydrogens (tertiary/aromatic N) is 1. The standard InChI is InChI=1S/C10H12NS2/c1-2-13-8-10(7-12)9-3-5-11-6-4-9/h3-6,10H,2,8H2,1H3. The second-order valence-corrected chi connectivity index (χ2v) is 4.17. The van der Waals surface area contributed by atoms with Gasteiger partial charge in [-0.15, -0.1) is 0 Å². The second kappa shape index (κ2) is 6.11. The van der Waals surface area contributed by atoms with Crippen molar-refractivity contribution in [1.82, 2.24) is 4.98 Å². The third kappa shape index (κ3) is 3.44. The largest absolute Gasteiger partial charge is 0.265 e. The van der Waals surface area contributed by atoms with Crippen LogP contribution in [0.1, 0.15) is 18.4 Å². The van der Waals surface area contributed by atoms with Crippen molar-refractivity contribution in [1.29, 1.82) is 0 Å². The lowest BCUT2D eigenvalue weighted by Gasteiger charge is -2.09. The van der Waals surface area contributed by atoms with Gasteiger partial charge in [0, 0.05) is 29.4 Å². The molecular weight excluding hydrogens is 198 g/mol. The summed E-state index contributed by atoms with van der Waals surface area (Å²) in [5.74, 6) is 2.41. The van der Waals surface area contributed by atoms with E-state index >= 15 is 0 Å². The molecule has 1 rings (SSSR count). The Morgan fingerprint density at radius 1 is 1.54 bits per heavy atom. The summed E-state index contributed by atoms with van der Waals surface area (Å²) in [5, 5.41) is 2.89. The molecule has 0 aromatic carbocycles. The van der Waals surface area contributed by atoms with Gasteiger partial charge in [-0.2, -0.15) is 11.8 Å². The van der Waals surface area contributed by atoms with Gasteiger partial charge >= 0.3 is 0 Å². The van der Waals surface area contributed by atoms with Gasteiger partial charge in [0.15, 0.2) is 0 Å². The third-order valence-electron chi connectivity index (χ3n) is 1.74. The second-order valence-electron chi connectivity index (χ2n) is 2.61. The van der Waals surface area contributed by atoms with Crippen LogP contribution >= 0.6 is 24.0 Å². The van der Waals surface area contributed by atoms with Crippen LogP contribution in [0.15, 0.2) is 24.5 Å². The fourth-order valence-electron chi connectivity index (χ4n) is 1.03. The lowest BCUT2D eigenvalue weighted by atomic mass is 10.1. The van der Waals surface area contributed by atoms with E-state index in [-0.39, 0.29) is 5.92 Å². The fraction of sp³-hybridized carbons (Fsp3) is 0.400. The van der Waals surface area contributed by atoms with Gasteiger partial charge in [-0.3, -0.25) is 4.98 Å². The third-order valence-corrected chi connectivity index (χ3v) is 3.00. The highest BCUT2D eigenvalue weighted by atomic mass is 32.2. The number of pyridine rings is 1. The molecule has 0 fully saturated rings. The van der Waals surface area contributed by atoms with Crippen molar-refractivity contribution in [2.45, 2.75) is 12.8 Å². The minimum atomic E-state index is 0.267. The summed E-state index contributed by atoms with van der Waals surface area (Å²) in [6, 6.07) is 4.00. The molecule has 1 radical (unpaired) electrons. The zero-order chi connectivity index (χ0) is 9.52. The first-order valence-corrected chi connectivity index (χ1v) is 5.80. The normalized spacial score (nSPS) is 12.4. The van der Waals surface area contributed by atoms with Crippen molar-refractivity contribution in [3.05, 3.63) is 30.1 Å². The van der Waals surface area contributed by atoms with E-state index in [4.69, 9.17) is 12.2 Å². The Morgan fingerprint density at radius 2 is 2.23 bits per heavy atom. The lowest BCUT2D eigenvalue weighted by Crippen LogP contribution is -2.02. The van der Waals surface area contributed by atoms with E-state index < -0.39 is 0 Å². The summed E-state index contributed by atoms with van der Waals surface area (Å²) in [6.45, 7) is 2.15. The molecule has 1 aromatic rings. The Labute approximate surface area is 89.0 Å². The Morgan fingerprint density at radius 3 is 2.77 bits per heavy atom. The molecule has 0 aliphatic rings. The van der Waals surface area contributed by atoms with E-state index in [9.17, 15) is 0 Å². The van der Waals surface area contributed by atoms with Crippen molar-refractivity contribution >= 4 is 29.3 Å². The van der Waals surface area contributed by atoms with Crippen LogP contribution in [0.2, 0.25) is 0 Å². The van der Waals surface area contributed by atoms with Gasteiger partial charge in [-0.25, -0.2) is 0 Å². The van der Waals surface area contributed by atoms with Gasteiger partial charge in [0.05, 0.1) is 0 Å². The summed E-state index contributed by atoms with van der Waals surface area (Å²) in [7, 11) is 0. The molecule has 1 unspecified atom stereocenters. The van der Waals surface area contributed by atoms with Gasteiger partial charge in [-0.1, -0.05) is 19.1 Å².